The van der Waals surface area contributed by atoms with Crippen molar-refractivity contribution in [2.75, 3.05) is 0 Å². The Balaban J connectivity index is 2.76. The van der Waals surface area contributed by atoms with Crippen LogP contribution < -0.4 is 11.1 Å². The van der Waals surface area contributed by atoms with E-state index in [0.29, 0.717) is 16.5 Å². The molecule has 1 aromatic carbocycles. The van der Waals surface area contributed by atoms with Crippen LogP contribution in [0.3, 0.4) is 0 Å². The van der Waals surface area contributed by atoms with Crippen LogP contribution in [0.25, 0.3) is 0 Å². The first-order chi connectivity index (χ1) is 9.64. The molecule has 1 rings (SSSR count). The average molecular weight is 349 g/mol. The summed E-state index contributed by atoms with van der Waals surface area (Å²) in [6, 6.07) is 5.72. The number of halogens is 2. The maximum absolute atomic E-state index is 11.8. The van der Waals surface area contributed by atoms with E-state index in [2.05, 4.69) is 12.2 Å². The Labute approximate surface area is 140 Å². The van der Waals surface area contributed by atoms with Gasteiger partial charge >= 0.3 is 0 Å². The summed E-state index contributed by atoms with van der Waals surface area (Å²) in [5.41, 5.74) is 4.83. The van der Waals surface area contributed by atoms with Crippen molar-refractivity contribution in [2.24, 2.45) is 5.73 Å². The SMILES string of the molecule is CC(C)NC(C)(CC(C)Sc1ccc(Cl)c(Cl)c1)C(N)=O. The van der Waals surface area contributed by atoms with E-state index in [1.165, 1.54) is 0 Å². The molecular weight excluding hydrogens is 327 g/mol. The summed E-state index contributed by atoms with van der Waals surface area (Å²) in [5, 5.41) is 4.53. The Bertz CT molecular complexity index is 510. The van der Waals surface area contributed by atoms with Crippen LogP contribution in [0.4, 0.5) is 0 Å². The Morgan fingerprint density at radius 3 is 2.43 bits per heavy atom. The van der Waals surface area contributed by atoms with Gasteiger partial charge in [-0.1, -0.05) is 30.1 Å². The number of thioether (sulfide) groups is 1. The smallest absolute Gasteiger partial charge is 0.237 e. The Morgan fingerprint density at radius 2 is 1.95 bits per heavy atom. The number of primary amides is 1. The van der Waals surface area contributed by atoms with E-state index in [-0.39, 0.29) is 17.2 Å². The second-order valence-corrected chi connectivity index (χ2v) is 8.03. The summed E-state index contributed by atoms with van der Waals surface area (Å²) in [6.45, 7) is 7.91. The van der Waals surface area contributed by atoms with Gasteiger partial charge in [0.05, 0.1) is 15.6 Å². The molecule has 6 heteroatoms. The Kier molecular flexibility index (Phi) is 6.85. The van der Waals surface area contributed by atoms with Crippen molar-refractivity contribution in [3.8, 4) is 0 Å². The fraction of sp³-hybridized carbons (Fsp3) is 0.533. The van der Waals surface area contributed by atoms with E-state index in [4.69, 9.17) is 28.9 Å². The zero-order valence-corrected chi connectivity index (χ0v) is 15.1. The lowest BCUT2D eigenvalue weighted by molar-refractivity contribution is -0.124. The molecule has 2 unspecified atom stereocenters. The van der Waals surface area contributed by atoms with Crippen LogP contribution in [0.5, 0.6) is 0 Å². The molecule has 118 valence electrons. The fourth-order valence-corrected chi connectivity index (χ4v) is 3.84. The number of hydrogen-bond donors (Lipinski definition) is 2. The standard InChI is InChI=1S/C15H22Cl2N2OS/c1-9(2)19-15(4,14(18)20)8-10(3)21-11-5-6-12(16)13(17)7-11/h5-7,9-10,19H,8H2,1-4H3,(H2,18,20). The number of amides is 1. The molecule has 0 heterocycles. The highest BCUT2D eigenvalue weighted by atomic mass is 35.5. The highest BCUT2D eigenvalue weighted by Crippen LogP contribution is 2.33. The maximum atomic E-state index is 11.8. The zero-order valence-electron chi connectivity index (χ0n) is 12.7. The second kappa shape index (κ2) is 7.73. The molecule has 2 atom stereocenters. The molecule has 0 aliphatic carbocycles. The van der Waals surface area contributed by atoms with Gasteiger partial charge in [0.25, 0.3) is 0 Å². The van der Waals surface area contributed by atoms with Gasteiger partial charge in [0.1, 0.15) is 0 Å². The Morgan fingerprint density at radius 1 is 1.33 bits per heavy atom. The van der Waals surface area contributed by atoms with Crippen molar-refractivity contribution in [3.05, 3.63) is 28.2 Å². The third kappa shape index (κ3) is 5.70. The van der Waals surface area contributed by atoms with E-state index >= 15 is 0 Å². The van der Waals surface area contributed by atoms with Gasteiger partial charge in [0.2, 0.25) is 5.91 Å². The topological polar surface area (TPSA) is 55.1 Å². The average Bonchev–Trinajstić information content (AvgIpc) is 2.32. The van der Waals surface area contributed by atoms with Crippen LogP contribution in [0.15, 0.2) is 23.1 Å². The van der Waals surface area contributed by atoms with Crippen molar-refractivity contribution >= 4 is 40.9 Å². The molecule has 21 heavy (non-hydrogen) atoms. The van der Waals surface area contributed by atoms with Gasteiger partial charge in [-0.25, -0.2) is 0 Å². The number of nitrogens with two attached hydrogens (primary N) is 1. The van der Waals surface area contributed by atoms with Gasteiger partial charge in [-0.05, 0) is 45.4 Å². The number of rotatable bonds is 7. The molecule has 1 amide bonds. The van der Waals surface area contributed by atoms with Gasteiger partial charge in [0.15, 0.2) is 0 Å². The third-order valence-corrected chi connectivity index (χ3v) is 4.91. The zero-order chi connectivity index (χ0) is 16.2. The van der Waals surface area contributed by atoms with E-state index < -0.39 is 5.54 Å². The van der Waals surface area contributed by atoms with Crippen LogP contribution in [0, 0.1) is 0 Å². The maximum Gasteiger partial charge on any atom is 0.237 e. The highest BCUT2D eigenvalue weighted by molar-refractivity contribution is 8.00. The van der Waals surface area contributed by atoms with Gasteiger partial charge in [0, 0.05) is 16.2 Å². The minimum absolute atomic E-state index is 0.185. The van der Waals surface area contributed by atoms with Crippen molar-refractivity contribution in [3.63, 3.8) is 0 Å². The van der Waals surface area contributed by atoms with E-state index in [0.717, 1.165) is 4.90 Å². The predicted molar refractivity (Wildman–Crippen MR) is 92.3 cm³/mol. The molecule has 0 bridgehead atoms. The lowest BCUT2D eigenvalue weighted by Crippen LogP contribution is -2.56. The molecule has 0 aliphatic heterocycles. The highest BCUT2D eigenvalue weighted by Gasteiger charge is 2.33. The lowest BCUT2D eigenvalue weighted by Gasteiger charge is -2.32. The molecule has 0 aromatic heterocycles. The molecule has 1 aromatic rings. The van der Waals surface area contributed by atoms with Crippen molar-refractivity contribution < 1.29 is 4.79 Å². The van der Waals surface area contributed by atoms with Gasteiger partial charge in [-0.15, -0.1) is 11.8 Å². The van der Waals surface area contributed by atoms with Crippen LogP contribution >= 0.6 is 35.0 Å². The summed E-state index contributed by atoms with van der Waals surface area (Å²) in [4.78, 5) is 12.8. The minimum atomic E-state index is -0.725. The number of benzene rings is 1. The quantitative estimate of drug-likeness (QED) is 0.729. The molecular formula is C15H22Cl2N2OS. The monoisotopic (exact) mass is 348 g/mol. The van der Waals surface area contributed by atoms with Gasteiger partial charge < -0.3 is 11.1 Å². The van der Waals surface area contributed by atoms with Gasteiger partial charge in [-0.2, -0.15) is 0 Å². The van der Waals surface area contributed by atoms with Gasteiger partial charge in [-0.3, -0.25) is 4.79 Å². The molecule has 0 spiro atoms. The fourth-order valence-electron chi connectivity index (χ4n) is 2.27. The van der Waals surface area contributed by atoms with E-state index in [1.54, 1.807) is 17.8 Å². The predicted octanol–water partition coefficient (Wildman–Crippen LogP) is 4.11. The van der Waals surface area contributed by atoms with Crippen molar-refractivity contribution in [1.82, 2.24) is 5.32 Å². The first kappa shape index (κ1) is 18.6. The number of carbonyl (C=O) groups is 1. The summed E-state index contributed by atoms with van der Waals surface area (Å²) >= 11 is 13.6. The number of carbonyl (C=O) groups excluding carboxylic acids is 1. The largest absolute Gasteiger partial charge is 0.368 e. The molecule has 0 radical (unpaired) electrons. The lowest BCUT2D eigenvalue weighted by atomic mass is 9.94. The van der Waals surface area contributed by atoms with Crippen LogP contribution in [-0.2, 0) is 4.79 Å². The Hall–Kier alpha value is -0.420. The second-order valence-electron chi connectivity index (χ2n) is 5.70. The third-order valence-electron chi connectivity index (χ3n) is 3.08. The van der Waals surface area contributed by atoms with E-state index in [1.807, 2.05) is 32.9 Å². The van der Waals surface area contributed by atoms with Crippen LogP contribution in [0.2, 0.25) is 10.0 Å². The molecule has 3 N–H and O–H groups in total. The molecule has 0 saturated heterocycles. The first-order valence-electron chi connectivity index (χ1n) is 6.83. The summed E-state index contributed by atoms with van der Waals surface area (Å²) in [7, 11) is 0. The number of nitrogens with one attached hydrogen (secondary N) is 1. The summed E-state index contributed by atoms with van der Waals surface area (Å²) < 4.78 is 0. The normalized spacial score (nSPS) is 15.8. The summed E-state index contributed by atoms with van der Waals surface area (Å²) in [5.74, 6) is -0.335. The molecule has 3 nitrogen and oxygen atoms in total. The van der Waals surface area contributed by atoms with Crippen LogP contribution in [-0.4, -0.2) is 22.7 Å². The molecule has 0 fully saturated rings. The van der Waals surface area contributed by atoms with Crippen molar-refractivity contribution in [1.29, 1.82) is 0 Å². The van der Waals surface area contributed by atoms with Crippen LogP contribution in [0.1, 0.15) is 34.1 Å². The van der Waals surface area contributed by atoms with Crippen molar-refractivity contribution in [2.45, 2.75) is 55.8 Å². The minimum Gasteiger partial charge on any atom is -0.368 e. The molecule has 0 aliphatic rings. The first-order valence-corrected chi connectivity index (χ1v) is 8.47. The summed E-state index contributed by atoms with van der Waals surface area (Å²) in [6.07, 6.45) is 0.630. The molecule has 0 saturated carbocycles. The van der Waals surface area contributed by atoms with E-state index in [9.17, 15) is 4.79 Å². The number of hydrogen-bond acceptors (Lipinski definition) is 3.